The number of aromatic nitrogens is 4. The lowest BCUT2D eigenvalue weighted by atomic mass is 10.3. The Morgan fingerprint density at radius 1 is 0.660 bits per heavy atom. The van der Waals surface area contributed by atoms with Crippen LogP contribution in [-0.4, -0.2) is 54.3 Å². The summed E-state index contributed by atoms with van der Waals surface area (Å²) in [5.74, 6) is -2.21. The topological polar surface area (TPSA) is 189 Å². The van der Waals surface area contributed by atoms with Gasteiger partial charge in [0.2, 0.25) is 0 Å². The summed E-state index contributed by atoms with van der Waals surface area (Å²) in [5, 5.41) is 22.2. The largest absolute Gasteiger partial charge is 0.350 e. The molecule has 0 saturated carbocycles. The zero-order valence-corrected chi connectivity index (χ0v) is 28.2. The molecule has 4 heterocycles. The molecule has 0 aliphatic rings. The molecule has 0 radical (unpaired) electrons. The Bertz CT molecular complexity index is 1930. The summed E-state index contributed by atoms with van der Waals surface area (Å²) in [6.45, 7) is 3.73. The van der Waals surface area contributed by atoms with Crippen molar-refractivity contribution < 1.29 is 24.0 Å². The van der Waals surface area contributed by atoms with Gasteiger partial charge in [-0.15, -0.1) is 12.4 Å². The van der Waals surface area contributed by atoms with Gasteiger partial charge in [0.05, 0.1) is 39.7 Å². The van der Waals surface area contributed by atoms with Gasteiger partial charge in [-0.05, 0) is 40.2 Å². The van der Waals surface area contributed by atoms with Gasteiger partial charge in [0.25, 0.3) is 29.5 Å². The number of carbonyl (C=O) groups is 5. The van der Waals surface area contributed by atoms with Crippen LogP contribution >= 0.6 is 28.3 Å². The standard InChI is InChI=1S/C30H31BrN10O5.ClH/c1-17(31)26(42)34-18-10-23(39(3)13-18)28(44)36-20-12-25(41(5)15-20)30(46)37-21-11-24(40(4)16-21)29(45)35-19-9-22(38(2)14-19)27(43)33-8-6-7-32;/h9-16H,1,6,8H2,2-5H3,(H,33,43)(H,34,42)(H,35,45)(H,36,44)(H,37,46);1H. The first-order valence-electron chi connectivity index (χ1n) is 13.7. The number of nitrogens with one attached hydrogen (secondary N) is 5. The lowest BCUT2D eigenvalue weighted by Gasteiger charge is -2.03. The third-order valence-corrected chi connectivity index (χ3v) is 7.11. The van der Waals surface area contributed by atoms with Crippen molar-refractivity contribution in [3.05, 3.63) is 82.9 Å². The van der Waals surface area contributed by atoms with Crippen molar-refractivity contribution in [3.8, 4) is 6.07 Å². The second-order valence-electron chi connectivity index (χ2n) is 10.3. The van der Waals surface area contributed by atoms with Crippen LogP contribution in [0.25, 0.3) is 0 Å². The van der Waals surface area contributed by atoms with E-state index >= 15 is 0 Å². The number of amides is 5. The van der Waals surface area contributed by atoms with Crippen molar-refractivity contribution in [1.29, 1.82) is 5.26 Å². The Morgan fingerprint density at radius 3 is 1.30 bits per heavy atom. The number of aryl methyl sites for hydroxylation is 4. The zero-order valence-electron chi connectivity index (χ0n) is 25.8. The van der Waals surface area contributed by atoms with E-state index in [0.717, 1.165) is 0 Å². The van der Waals surface area contributed by atoms with Crippen LogP contribution in [0, 0.1) is 11.3 Å². The smallest absolute Gasteiger partial charge is 0.272 e. The van der Waals surface area contributed by atoms with E-state index in [1.165, 1.54) is 24.3 Å². The average molecular weight is 728 g/mol. The SMILES string of the molecule is C=C(Br)C(=O)Nc1cc(C(=O)Nc2cc(C(=O)Nc3cc(C(=O)Nc4cc(C(=O)NCCC#N)n(C)c4)n(C)c3)n(C)c2)n(C)c1.Cl. The summed E-state index contributed by atoms with van der Waals surface area (Å²) >= 11 is 3.01. The fourth-order valence-corrected chi connectivity index (χ4v) is 4.64. The summed E-state index contributed by atoms with van der Waals surface area (Å²) in [5.41, 5.74) is 2.60. The Morgan fingerprint density at radius 2 is 0.979 bits per heavy atom. The van der Waals surface area contributed by atoms with Crippen LogP contribution in [0.3, 0.4) is 0 Å². The molecule has 17 heteroatoms. The van der Waals surface area contributed by atoms with Crippen LogP contribution in [0.4, 0.5) is 22.7 Å². The minimum Gasteiger partial charge on any atom is -0.350 e. The highest BCUT2D eigenvalue weighted by Crippen LogP contribution is 2.21. The van der Waals surface area contributed by atoms with Gasteiger partial charge in [-0.3, -0.25) is 24.0 Å². The normalized spacial score (nSPS) is 10.3. The highest BCUT2D eigenvalue weighted by molar-refractivity contribution is 9.12. The summed E-state index contributed by atoms with van der Waals surface area (Å²) in [6, 6.07) is 8.00. The highest BCUT2D eigenvalue weighted by atomic mass is 79.9. The van der Waals surface area contributed by atoms with E-state index in [1.54, 1.807) is 71.2 Å². The van der Waals surface area contributed by atoms with Gasteiger partial charge in [0.1, 0.15) is 22.8 Å². The lowest BCUT2D eigenvalue weighted by Crippen LogP contribution is -2.25. The molecule has 0 unspecified atom stereocenters. The van der Waals surface area contributed by atoms with Crippen molar-refractivity contribution >= 4 is 80.6 Å². The highest BCUT2D eigenvalue weighted by Gasteiger charge is 2.20. The molecule has 0 aliphatic carbocycles. The minimum absolute atomic E-state index is 0. The molecule has 0 aromatic carbocycles. The molecule has 0 spiro atoms. The molecule has 5 amide bonds. The number of nitrogens with zero attached hydrogens (tertiary/aromatic N) is 5. The maximum absolute atomic E-state index is 13.1. The predicted octanol–water partition coefficient (Wildman–Crippen LogP) is 3.71. The Balaban J connectivity index is 0.00000600. The van der Waals surface area contributed by atoms with Gasteiger partial charge in [0, 0.05) is 59.5 Å². The molecule has 246 valence electrons. The van der Waals surface area contributed by atoms with Gasteiger partial charge < -0.3 is 44.9 Å². The molecule has 15 nitrogen and oxygen atoms in total. The van der Waals surface area contributed by atoms with Crippen LogP contribution in [0.5, 0.6) is 0 Å². The Labute approximate surface area is 284 Å². The van der Waals surface area contributed by atoms with Crippen molar-refractivity contribution in [3.63, 3.8) is 0 Å². The van der Waals surface area contributed by atoms with E-state index in [-0.39, 0.29) is 52.8 Å². The maximum Gasteiger partial charge on any atom is 0.272 e. The third kappa shape index (κ3) is 8.60. The molecule has 0 saturated heterocycles. The van der Waals surface area contributed by atoms with Gasteiger partial charge in [-0.1, -0.05) is 6.58 Å². The van der Waals surface area contributed by atoms with Crippen LogP contribution in [0.15, 0.2) is 60.1 Å². The molecule has 4 aromatic heterocycles. The first kappa shape index (κ1) is 35.9. The minimum atomic E-state index is -0.477. The van der Waals surface area contributed by atoms with Gasteiger partial charge in [0.15, 0.2) is 0 Å². The molecule has 4 aromatic rings. The second-order valence-corrected chi connectivity index (χ2v) is 11.2. The fraction of sp³-hybridized carbons (Fsp3) is 0.200. The average Bonchev–Trinajstić information content (AvgIpc) is 3.74. The number of hydrogen-bond donors (Lipinski definition) is 5. The molecule has 0 fully saturated rings. The summed E-state index contributed by atoms with van der Waals surface area (Å²) in [4.78, 5) is 63.3. The number of nitriles is 1. The summed E-state index contributed by atoms with van der Waals surface area (Å²) in [6.07, 6.45) is 6.51. The Kier molecular flexibility index (Phi) is 11.6. The Hall–Kier alpha value is -5.53. The van der Waals surface area contributed by atoms with E-state index < -0.39 is 23.6 Å². The van der Waals surface area contributed by atoms with Crippen molar-refractivity contribution in [2.24, 2.45) is 28.2 Å². The van der Waals surface area contributed by atoms with Crippen LogP contribution < -0.4 is 26.6 Å². The molecular formula is C30H32BrClN10O5. The van der Waals surface area contributed by atoms with Crippen molar-refractivity contribution in [2.45, 2.75) is 6.42 Å². The van der Waals surface area contributed by atoms with Gasteiger partial charge in [-0.25, -0.2) is 0 Å². The first-order chi connectivity index (χ1) is 21.8. The van der Waals surface area contributed by atoms with E-state index in [4.69, 9.17) is 5.26 Å². The third-order valence-electron chi connectivity index (χ3n) is 6.75. The number of halogens is 2. The molecule has 47 heavy (non-hydrogen) atoms. The number of anilines is 4. The van der Waals surface area contributed by atoms with E-state index in [1.807, 2.05) is 6.07 Å². The van der Waals surface area contributed by atoms with Crippen LogP contribution in [-0.2, 0) is 33.0 Å². The molecule has 4 rings (SSSR count). The number of rotatable bonds is 11. The molecule has 0 bridgehead atoms. The summed E-state index contributed by atoms with van der Waals surface area (Å²) < 4.78 is 6.34. The van der Waals surface area contributed by atoms with Gasteiger partial charge in [-0.2, -0.15) is 5.26 Å². The molecular weight excluding hydrogens is 696 g/mol. The quantitative estimate of drug-likeness (QED) is 0.116. The molecule has 0 atom stereocenters. The van der Waals surface area contributed by atoms with Gasteiger partial charge >= 0.3 is 0 Å². The van der Waals surface area contributed by atoms with Crippen LogP contribution in [0.1, 0.15) is 48.4 Å². The lowest BCUT2D eigenvalue weighted by molar-refractivity contribution is -0.112. The van der Waals surface area contributed by atoms with E-state index in [0.29, 0.717) is 28.4 Å². The van der Waals surface area contributed by atoms with Crippen molar-refractivity contribution in [2.75, 3.05) is 27.8 Å². The fourth-order valence-electron chi connectivity index (χ4n) is 4.54. The summed E-state index contributed by atoms with van der Waals surface area (Å²) in [7, 11) is 6.61. The monoisotopic (exact) mass is 726 g/mol. The zero-order chi connectivity index (χ0) is 33.7. The van der Waals surface area contributed by atoms with Crippen molar-refractivity contribution in [1.82, 2.24) is 23.6 Å². The maximum atomic E-state index is 13.1. The molecule has 0 aliphatic heterocycles. The van der Waals surface area contributed by atoms with E-state index in [2.05, 4.69) is 49.1 Å². The van der Waals surface area contributed by atoms with E-state index in [9.17, 15) is 24.0 Å². The van der Waals surface area contributed by atoms with Crippen LogP contribution in [0.2, 0.25) is 0 Å². The second kappa shape index (κ2) is 15.2. The predicted molar refractivity (Wildman–Crippen MR) is 182 cm³/mol. The molecule has 5 N–H and O–H groups in total. The number of hydrogen-bond acceptors (Lipinski definition) is 6. The first-order valence-corrected chi connectivity index (χ1v) is 14.5. The number of carbonyl (C=O) groups excluding carboxylic acids is 5.